The molecule has 0 bridgehead atoms. The van der Waals surface area contributed by atoms with Gasteiger partial charge in [-0.3, -0.25) is 14.2 Å². The number of hydrogen-bond donors (Lipinski definition) is 4. The van der Waals surface area contributed by atoms with Gasteiger partial charge >= 0.3 is 0 Å². The number of carbonyl (C=O) groups is 1. The lowest BCUT2D eigenvalue weighted by Crippen LogP contribution is -2.35. The Morgan fingerprint density at radius 1 is 1.02 bits per heavy atom. The number of aliphatic hydroxyl groups excluding tert-OH is 1. The summed E-state index contributed by atoms with van der Waals surface area (Å²) >= 11 is 14.1. The lowest BCUT2D eigenvalue weighted by Gasteiger charge is -2.15. The summed E-state index contributed by atoms with van der Waals surface area (Å²) in [6.07, 6.45) is 2.66. The zero-order chi connectivity index (χ0) is 33.9. The summed E-state index contributed by atoms with van der Waals surface area (Å²) in [6, 6.07) is 17.2. The quantitative estimate of drug-likeness (QED) is 0.150. The molecular weight excluding hydrogens is 653 g/mol. The lowest BCUT2D eigenvalue weighted by atomic mass is 9.97. The molecule has 0 radical (unpaired) electrons. The zero-order valence-electron chi connectivity index (χ0n) is 26.9. The highest BCUT2D eigenvalue weighted by molar-refractivity contribution is 6.39. The number of aliphatic hydroxyl groups is 1. The number of benzene rings is 2. The molecule has 1 aliphatic rings. The highest BCUT2D eigenvalue weighted by Gasteiger charge is 2.21. The second kappa shape index (κ2) is 14.5. The van der Waals surface area contributed by atoms with E-state index in [0.29, 0.717) is 65.6 Å². The van der Waals surface area contributed by atoms with Crippen molar-refractivity contribution < 1.29 is 14.6 Å². The van der Waals surface area contributed by atoms with Crippen LogP contribution in [-0.4, -0.2) is 62.5 Å². The Labute approximate surface area is 287 Å². The van der Waals surface area contributed by atoms with Gasteiger partial charge in [0.1, 0.15) is 11.3 Å². The second-order valence-electron chi connectivity index (χ2n) is 12.0. The first-order valence-electron chi connectivity index (χ1n) is 15.7. The molecule has 1 saturated heterocycles. The molecule has 48 heavy (non-hydrogen) atoms. The average Bonchev–Trinajstić information content (AvgIpc) is 3.69. The topological polar surface area (TPSA) is 135 Å². The molecule has 0 aliphatic carbocycles. The molecule has 1 fully saturated rings. The third kappa shape index (κ3) is 6.96. The molecule has 6 rings (SSSR count). The normalized spacial score (nSPS) is 15.2. The van der Waals surface area contributed by atoms with Gasteiger partial charge in [0, 0.05) is 78.7 Å². The minimum absolute atomic E-state index is 0.0911. The van der Waals surface area contributed by atoms with Gasteiger partial charge in [-0.1, -0.05) is 65.7 Å². The van der Waals surface area contributed by atoms with Crippen LogP contribution >= 0.6 is 23.2 Å². The van der Waals surface area contributed by atoms with Crippen molar-refractivity contribution in [3.8, 4) is 39.4 Å². The van der Waals surface area contributed by atoms with Crippen LogP contribution in [0.5, 0.6) is 5.88 Å². The first kappa shape index (κ1) is 33.6. The van der Waals surface area contributed by atoms with E-state index in [4.69, 9.17) is 32.9 Å². The molecule has 5 aromatic rings. The van der Waals surface area contributed by atoms with Crippen molar-refractivity contribution >= 4 is 34.6 Å². The highest BCUT2D eigenvalue weighted by Crippen LogP contribution is 2.42. The Morgan fingerprint density at radius 3 is 2.42 bits per heavy atom. The number of pyridine rings is 1. The second-order valence-corrected chi connectivity index (χ2v) is 12.7. The Kier molecular flexibility index (Phi) is 10.1. The smallest absolute Gasteiger partial charge is 0.277 e. The number of rotatable bonds is 12. The van der Waals surface area contributed by atoms with Crippen molar-refractivity contribution in [2.24, 2.45) is 7.05 Å². The number of aromatic nitrogens is 4. The summed E-state index contributed by atoms with van der Waals surface area (Å²) < 4.78 is 8.70. The summed E-state index contributed by atoms with van der Waals surface area (Å²) in [6.45, 7) is 3.60. The largest absolute Gasteiger partial charge is 0.481 e. The summed E-state index contributed by atoms with van der Waals surface area (Å²) in [5, 5.41) is 24.6. The predicted octanol–water partition coefficient (Wildman–Crippen LogP) is 4.58. The van der Waals surface area contributed by atoms with Gasteiger partial charge in [0.25, 0.3) is 5.56 Å². The number of ether oxygens (including phenoxy) is 1. The van der Waals surface area contributed by atoms with E-state index in [2.05, 4.69) is 21.0 Å². The van der Waals surface area contributed by atoms with Crippen LogP contribution in [0, 0.1) is 0 Å². The predicted molar refractivity (Wildman–Crippen MR) is 187 cm³/mol. The van der Waals surface area contributed by atoms with Gasteiger partial charge in [0.05, 0.1) is 35.5 Å². The van der Waals surface area contributed by atoms with Gasteiger partial charge in [0.2, 0.25) is 11.8 Å². The fourth-order valence-electron chi connectivity index (χ4n) is 5.91. The van der Waals surface area contributed by atoms with E-state index in [-0.39, 0.29) is 17.5 Å². The van der Waals surface area contributed by atoms with Crippen LogP contribution in [0.1, 0.15) is 31.2 Å². The van der Waals surface area contributed by atoms with Crippen molar-refractivity contribution in [1.29, 1.82) is 0 Å². The van der Waals surface area contributed by atoms with Crippen LogP contribution in [0.25, 0.3) is 39.0 Å². The molecule has 13 heteroatoms. The first-order valence-corrected chi connectivity index (χ1v) is 16.5. The maximum atomic E-state index is 13.2. The molecule has 1 amide bonds. The highest BCUT2D eigenvalue weighted by atomic mass is 35.5. The number of nitrogens with zero attached hydrogens (tertiary/aromatic N) is 4. The molecule has 0 saturated carbocycles. The number of nitrogens with one attached hydrogen (secondary N) is 3. The summed E-state index contributed by atoms with van der Waals surface area (Å²) in [4.78, 5) is 29.5. The minimum atomic E-state index is -0.515. The van der Waals surface area contributed by atoms with E-state index in [1.807, 2.05) is 48.5 Å². The molecule has 3 aromatic heterocycles. The van der Waals surface area contributed by atoms with Crippen LogP contribution in [0.4, 0.5) is 0 Å². The van der Waals surface area contributed by atoms with E-state index < -0.39 is 6.10 Å². The molecular formula is C35H37Cl2N7O4. The van der Waals surface area contributed by atoms with Crippen LogP contribution in [0.15, 0.2) is 65.6 Å². The van der Waals surface area contributed by atoms with Gasteiger partial charge in [-0.2, -0.15) is 5.10 Å². The Hall–Kier alpha value is -4.26. The number of halogens is 2. The lowest BCUT2D eigenvalue weighted by molar-refractivity contribution is -0.119. The maximum Gasteiger partial charge on any atom is 0.277 e. The zero-order valence-corrected chi connectivity index (χ0v) is 28.4. The van der Waals surface area contributed by atoms with Crippen molar-refractivity contribution in [1.82, 2.24) is 35.1 Å². The van der Waals surface area contributed by atoms with Crippen molar-refractivity contribution in [3.63, 3.8) is 0 Å². The van der Waals surface area contributed by atoms with Crippen molar-refractivity contribution in [3.05, 3.63) is 92.6 Å². The fraction of sp³-hybridized carbons (Fsp3) is 0.314. The van der Waals surface area contributed by atoms with E-state index in [0.717, 1.165) is 39.8 Å². The molecule has 1 unspecified atom stereocenters. The first-order chi connectivity index (χ1) is 23.1. The Bertz CT molecular complexity index is 2040. The molecule has 4 N–H and O–H groups in total. The van der Waals surface area contributed by atoms with Crippen LogP contribution in [-0.2, 0) is 24.9 Å². The molecule has 1 aliphatic heterocycles. The van der Waals surface area contributed by atoms with E-state index in [9.17, 15) is 14.7 Å². The van der Waals surface area contributed by atoms with E-state index in [1.54, 1.807) is 37.9 Å². The van der Waals surface area contributed by atoms with Crippen molar-refractivity contribution in [2.75, 3.05) is 20.2 Å². The molecule has 250 valence electrons. The number of carbonyl (C=O) groups excluding carboxylic acids is 1. The average molecular weight is 691 g/mol. The van der Waals surface area contributed by atoms with Gasteiger partial charge in [-0.25, -0.2) is 9.50 Å². The molecule has 2 atom stereocenters. The third-order valence-electron chi connectivity index (χ3n) is 8.46. The Balaban J connectivity index is 1.28. The third-order valence-corrected chi connectivity index (χ3v) is 9.27. The fourth-order valence-corrected chi connectivity index (χ4v) is 6.57. The SMILES string of the molecule is COc1nc(-c2cccc(-c3cccc(-c4cc5c(=O)n(C)c(CNCC(C)O)nn5c4)c3Cl)c2Cl)ccc1CNC[C@@H]1CCC(=O)N1. The molecule has 0 spiro atoms. The summed E-state index contributed by atoms with van der Waals surface area (Å²) in [7, 11) is 3.26. The van der Waals surface area contributed by atoms with E-state index >= 15 is 0 Å². The maximum absolute atomic E-state index is 13.2. The summed E-state index contributed by atoms with van der Waals surface area (Å²) in [5.41, 5.74) is 5.41. The van der Waals surface area contributed by atoms with Gasteiger partial charge in [-0.05, 0) is 25.5 Å². The van der Waals surface area contributed by atoms with Crippen LogP contribution < -0.4 is 26.2 Å². The number of methoxy groups -OCH3 is 1. The monoisotopic (exact) mass is 689 g/mol. The Morgan fingerprint density at radius 2 is 1.73 bits per heavy atom. The molecule has 4 heterocycles. The number of amides is 1. The standard InChI is InChI=1S/C35H37Cl2N7O4/c1-20(45)15-38-18-30-42-44-19-22(14-29(44)35(47)43(30)2)24-6-4-7-25(32(24)36)26-8-5-9-27(33(26)37)28-12-10-21(34(41-28)48-3)16-39-17-23-11-13-31(46)40-23/h4-10,12,14,19-20,23,38-39,45H,11,13,15-18H2,1-3H3,(H,40,46)/t20?,23-/m0/s1. The van der Waals surface area contributed by atoms with E-state index in [1.165, 1.54) is 4.57 Å². The number of hydrogen-bond acceptors (Lipinski definition) is 8. The van der Waals surface area contributed by atoms with Crippen molar-refractivity contribution in [2.45, 2.75) is 45.0 Å². The van der Waals surface area contributed by atoms with Gasteiger partial charge < -0.3 is 25.8 Å². The minimum Gasteiger partial charge on any atom is -0.481 e. The van der Waals surface area contributed by atoms with Crippen LogP contribution in [0.2, 0.25) is 10.0 Å². The molecule has 11 nitrogen and oxygen atoms in total. The summed E-state index contributed by atoms with van der Waals surface area (Å²) in [5.74, 6) is 1.11. The molecule has 2 aromatic carbocycles. The van der Waals surface area contributed by atoms with Crippen LogP contribution in [0.3, 0.4) is 0 Å². The van der Waals surface area contributed by atoms with Gasteiger partial charge in [-0.15, -0.1) is 0 Å². The van der Waals surface area contributed by atoms with Gasteiger partial charge in [0.15, 0.2) is 0 Å². The number of fused-ring (bicyclic) bond motifs is 1.